The molecule has 2 aromatic rings. The van der Waals surface area contributed by atoms with Gasteiger partial charge in [0.25, 0.3) is 0 Å². The fraction of sp³-hybridized carbons (Fsp3) is 0.267. The standard InChI is InChI=1S/C15H16FNO2/c1-2-10-19-12-7-5-11(6-8-12)15(18)14-13(16)4-3-9-17-14/h3-9,15,18H,2,10H2,1H3. The van der Waals surface area contributed by atoms with E-state index in [0.29, 0.717) is 12.2 Å². The van der Waals surface area contributed by atoms with Gasteiger partial charge in [-0.1, -0.05) is 19.1 Å². The number of rotatable bonds is 5. The summed E-state index contributed by atoms with van der Waals surface area (Å²) in [5, 5.41) is 10.1. The van der Waals surface area contributed by atoms with Crippen LogP contribution in [0.2, 0.25) is 0 Å². The highest BCUT2D eigenvalue weighted by Crippen LogP contribution is 2.24. The maximum Gasteiger partial charge on any atom is 0.147 e. The lowest BCUT2D eigenvalue weighted by Crippen LogP contribution is -2.05. The van der Waals surface area contributed by atoms with Crippen LogP contribution in [0.5, 0.6) is 5.75 Å². The predicted octanol–water partition coefficient (Wildman–Crippen LogP) is 3.09. The third-order valence-corrected chi connectivity index (χ3v) is 2.71. The third-order valence-electron chi connectivity index (χ3n) is 2.71. The molecule has 0 saturated carbocycles. The Balaban J connectivity index is 2.16. The largest absolute Gasteiger partial charge is 0.494 e. The van der Waals surface area contributed by atoms with Crippen LogP contribution < -0.4 is 4.74 Å². The molecule has 0 amide bonds. The molecule has 0 fully saturated rings. The average Bonchev–Trinajstić information content (AvgIpc) is 2.45. The molecule has 0 spiro atoms. The summed E-state index contributed by atoms with van der Waals surface area (Å²) in [7, 11) is 0. The van der Waals surface area contributed by atoms with Gasteiger partial charge in [-0.2, -0.15) is 0 Å². The number of pyridine rings is 1. The summed E-state index contributed by atoms with van der Waals surface area (Å²) in [5.74, 6) is 0.223. The second kappa shape index (κ2) is 6.29. The maximum absolute atomic E-state index is 13.5. The van der Waals surface area contributed by atoms with Gasteiger partial charge in [-0.3, -0.25) is 4.98 Å². The van der Waals surface area contributed by atoms with Gasteiger partial charge in [0, 0.05) is 6.20 Å². The van der Waals surface area contributed by atoms with Crippen LogP contribution >= 0.6 is 0 Å². The second-order valence-electron chi connectivity index (χ2n) is 4.19. The van der Waals surface area contributed by atoms with Crippen molar-refractivity contribution in [2.24, 2.45) is 0 Å². The van der Waals surface area contributed by atoms with Crippen molar-refractivity contribution in [3.05, 3.63) is 59.7 Å². The minimum absolute atomic E-state index is 0.0322. The first-order valence-corrected chi connectivity index (χ1v) is 6.23. The summed E-state index contributed by atoms with van der Waals surface area (Å²) in [5.41, 5.74) is 0.617. The number of hydrogen-bond acceptors (Lipinski definition) is 3. The van der Waals surface area contributed by atoms with Crippen molar-refractivity contribution in [1.29, 1.82) is 0 Å². The summed E-state index contributed by atoms with van der Waals surface area (Å²) < 4.78 is 19.0. The van der Waals surface area contributed by atoms with Crippen LogP contribution in [0, 0.1) is 5.82 Å². The molecule has 0 bridgehead atoms. The molecule has 1 N–H and O–H groups in total. The molecular formula is C15H16FNO2. The molecule has 100 valence electrons. The molecule has 4 heteroatoms. The fourth-order valence-corrected chi connectivity index (χ4v) is 1.72. The molecule has 1 heterocycles. The van der Waals surface area contributed by atoms with E-state index in [1.54, 1.807) is 24.3 Å². The lowest BCUT2D eigenvalue weighted by molar-refractivity contribution is 0.209. The van der Waals surface area contributed by atoms with Gasteiger partial charge in [-0.05, 0) is 36.2 Å². The number of aliphatic hydroxyl groups is 1. The number of nitrogens with zero attached hydrogens (tertiary/aromatic N) is 1. The smallest absolute Gasteiger partial charge is 0.147 e. The number of aromatic nitrogens is 1. The molecule has 2 rings (SSSR count). The summed E-state index contributed by atoms with van der Waals surface area (Å²) in [6, 6.07) is 9.72. The van der Waals surface area contributed by atoms with Gasteiger partial charge in [-0.15, -0.1) is 0 Å². The summed E-state index contributed by atoms with van der Waals surface area (Å²) in [6.45, 7) is 2.68. The van der Waals surface area contributed by atoms with Crippen LogP contribution in [-0.2, 0) is 0 Å². The molecule has 0 aliphatic heterocycles. The monoisotopic (exact) mass is 261 g/mol. The van der Waals surface area contributed by atoms with Crippen molar-refractivity contribution in [3.8, 4) is 5.75 Å². The zero-order valence-electron chi connectivity index (χ0n) is 10.7. The molecule has 1 unspecified atom stereocenters. The quantitative estimate of drug-likeness (QED) is 0.899. The van der Waals surface area contributed by atoms with E-state index < -0.39 is 11.9 Å². The SMILES string of the molecule is CCCOc1ccc(C(O)c2ncccc2F)cc1. The van der Waals surface area contributed by atoms with E-state index in [1.165, 1.54) is 18.3 Å². The van der Waals surface area contributed by atoms with Crippen LogP contribution in [0.3, 0.4) is 0 Å². The lowest BCUT2D eigenvalue weighted by Gasteiger charge is -2.12. The number of hydrogen-bond donors (Lipinski definition) is 1. The average molecular weight is 261 g/mol. The normalized spacial score (nSPS) is 12.2. The molecule has 0 aliphatic carbocycles. The van der Waals surface area contributed by atoms with Gasteiger partial charge < -0.3 is 9.84 Å². The van der Waals surface area contributed by atoms with Crippen molar-refractivity contribution in [3.63, 3.8) is 0 Å². The van der Waals surface area contributed by atoms with Crippen LogP contribution in [-0.4, -0.2) is 16.7 Å². The lowest BCUT2D eigenvalue weighted by atomic mass is 10.1. The van der Waals surface area contributed by atoms with E-state index in [9.17, 15) is 9.50 Å². The van der Waals surface area contributed by atoms with Crippen molar-refractivity contribution < 1.29 is 14.2 Å². The van der Waals surface area contributed by atoms with E-state index in [0.717, 1.165) is 12.2 Å². The number of benzene rings is 1. The van der Waals surface area contributed by atoms with Crippen LogP contribution in [0.1, 0.15) is 30.7 Å². The highest BCUT2D eigenvalue weighted by Gasteiger charge is 2.15. The van der Waals surface area contributed by atoms with E-state index in [2.05, 4.69) is 4.98 Å². The molecule has 19 heavy (non-hydrogen) atoms. The van der Waals surface area contributed by atoms with Crippen LogP contribution in [0.15, 0.2) is 42.6 Å². The van der Waals surface area contributed by atoms with Crippen molar-refractivity contribution in [2.45, 2.75) is 19.4 Å². The molecule has 0 saturated heterocycles. The van der Waals surface area contributed by atoms with Gasteiger partial charge >= 0.3 is 0 Å². The highest BCUT2D eigenvalue weighted by atomic mass is 19.1. The zero-order chi connectivity index (χ0) is 13.7. The minimum atomic E-state index is -1.07. The van der Waals surface area contributed by atoms with Gasteiger partial charge in [-0.25, -0.2) is 4.39 Å². The van der Waals surface area contributed by atoms with Gasteiger partial charge in [0.1, 0.15) is 23.4 Å². The topological polar surface area (TPSA) is 42.4 Å². The van der Waals surface area contributed by atoms with Crippen molar-refractivity contribution >= 4 is 0 Å². The summed E-state index contributed by atoms with van der Waals surface area (Å²) in [4.78, 5) is 3.87. The van der Waals surface area contributed by atoms with Crippen molar-refractivity contribution in [2.75, 3.05) is 6.61 Å². The van der Waals surface area contributed by atoms with Crippen LogP contribution in [0.25, 0.3) is 0 Å². The Kier molecular flexibility index (Phi) is 4.47. The highest BCUT2D eigenvalue weighted by molar-refractivity contribution is 5.32. The molecule has 3 nitrogen and oxygen atoms in total. The zero-order valence-corrected chi connectivity index (χ0v) is 10.7. The van der Waals surface area contributed by atoms with E-state index in [1.807, 2.05) is 6.92 Å². The van der Waals surface area contributed by atoms with Gasteiger partial charge in [0.15, 0.2) is 0 Å². The Labute approximate surface area is 111 Å². The molecular weight excluding hydrogens is 245 g/mol. The molecule has 1 aromatic heterocycles. The first-order valence-electron chi connectivity index (χ1n) is 6.23. The summed E-state index contributed by atoms with van der Waals surface area (Å²) in [6.07, 6.45) is 1.32. The molecule has 0 aliphatic rings. The van der Waals surface area contributed by atoms with Gasteiger partial charge in [0.05, 0.1) is 6.61 Å². The molecule has 1 atom stereocenters. The Morgan fingerprint density at radius 2 is 2.00 bits per heavy atom. The Bertz CT molecular complexity index is 528. The Morgan fingerprint density at radius 3 is 2.63 bits per heavy atom. The van der Waals surface area contributed by atoms with Crippen molar-refractivity contribution in [1.82, 2.24) is 4.98 Å². The number of aliphatic hydroxyl groups excluding tert-OH is 1. The summed E-state index contributed by atoms with van der Waals surface area (Å²) >= 11 is 0. The van der Waals surface area contributed by atoms with E-state index in [4.69, 9.17) is 4.74 Å². The van der Waals surface area contributed by atoms with E-state index >= 15 is 0 Å². The first-order chi connectivity index (χ1) is 9.22. The number of ether oxygens (including phenoxy) is 1. The number of halogens is 1. The third kappa shape index (κ3) is 3.29. The molecule has 0 radical (unpaired) electrons. The van der Waals surface area contributed by atoms with Crippen LogP contribution in [0.4, 0.5) is 4.39 Å². The van der Waals surface area contributed by atoms with Gasteiger partial charge in [0.2, 0.25) is 0 Å². The first kappa shape index (κ1) is 13.5. The maximum atomic E-state index is 13.5. The predicted molar refractivity (Wildman–Crippen MR) is 70.5 cm³/mol. The fourth-order valence-electron chi connectivity index (χ4n) is 1.72. The second-order valence-corrected chi connectivity index (χ2v) is 4.19. The molecule has 1 aromatic carbocycles. The minimum Gasteiger partial charge on any atom is -0.494 e. The van der Waals surface area contributed by atoms with E-state index in [-0.39, 0.29) is 5.69 Å². The Hall–Kier alpha value is -1.94. The Morgan fingerprint density at radius 1 is 1.26 bits per heavy atom.